The highest BCUT2D eigenvalue weighted by Gasteiger charge is 2.06. The van der Waals surface area contributed by atoms with E-state index in [0.29, 0.717) is 13.2 Å². The van der Waals surface area contributed by atoms with Crippen LogP contribution in [0.1, 0.15) is 25.8 Å². The Hall–Kier alpha value is -2.70. The van der Waals surface area contributed by atoms with Crippen LogP contribution in [0.2, 0.25) is 0 Å². The fourth-order valence-electron chi connectivity index (χ4n) is 2.68. The monoisotopic (exact) mass is 373 g/mol. The van der Waals surface area contributed by atoms with E-state index in [-0.39, 0.29) is 0 Å². The molecule has 0 atom stereocenters. The fraction of sp³-hybridized carbons (Fsp3) is 0.500. The SMILES string of the molecule is CCOc1ccc(CCNC(=NC)NCCCn2cccn2)cc1OCC. The summed E-state index contributed by atoms with van der Waals surface area (Å²) in [4.78, 5) is 4.27. The van der Waals surface area contributed by atoms with E-state index in [1.54, 1.807) is 13.2 Å². The second-order valence-electron chi connectivity index (χ2n) is 5.95. The summed E-state index contributed by atoms with van der Waals surface area (Å²) in [6.45, 7) is 7.73. The van der Waals surface area contributed by atoms with Gasteiger partial charge in [0.25, 0.3) is 0 Å². The number of nitrogens with one attached hydrogen (secondary N) is 2. The van der Waals surface area contributed by atoms with Gasteiger partial charge in [0.05, 0.1) is 13.2 Å². The maximum Gasteiger partial charge on any atom is 0.190 e. The average molecular weight is 374 g/mol. The van der Waals surface area contributed by atoms with Crippen LogP contribution >= 0.6 is 0 Å². The first kappa shape index (κ1) is 20.6. The third-order valence-electron chi connectivity index (χ3n) is 3.95. The van der Waals surface area contributed by atoms with Gasteiger partial charge in [0.15, 0.2) is 17.5 Å². The van der Waals surface area contributed by atoms with Crippen LogP contribution in [-0.4, -0.2) is 49.1 Å². The first-order valence-corrected chi connectivity index (χ1v) is 9.57. The third-order valence-corrected chi connectivity index (χ3v) is 3.95. The van der Waals surface area contributed by atoms with Gasteiger partial charge in [-0.1, -0.05) is 6.07 Å². The summed E-state index contributed by atoms with van der Waals surface area (Å²) in [5, 5.41) is 10.9. The molecular formula is C20H31N5O2. The standard InChI is InChI=1S/C20H31N5O2/c1-4-26-18-9-8-17(16-19(18)27-5-2)10-13-23-20(21-3)22-11-6-14-25-15-7-12-24-25/h7-9,12,15-16H,4-6,10-11,13-14H2,1-3H3,(H2,21,22,23). The molecule has 1 aromatic heterocycles. The van der Waals surface area contributed by atoms with E-state index in [1.165, 1.54) is 5.56 Å². The van der Waals surface area contributed by atoms with Crippen molar-refractivity contribution in [1.29, 1.82) is 0 Å². The predicted molar refractivity (Wildman–Crippen MR) is 109 cm³/mol. The van der Waals surface area contributed by atoms with Crippen molar-refractivity contribution in [3.63, 3.8) is 0 Å². The highest BCUT2D eigenvalue weighted by Crippen LogP contribution is 2.28. The molecule has 0 radical (unpaired) electrons. The summed E-state index contributed by atoms with van der Waals surface area (Å²) in [5.41, 5.74) is 1.20. The summed E-state index contributed by atoms with van der Waals surface area (Å²) < 4.78 is 13.2. The van der Waals surface area contributed by atoms with Crippen LogP contribution in [0.5, 0.6) is 11.5 Å². The minimum Gasteiger partial charge on any atom is -0.490 e. The molecule has 7 heteroatoms. The minimum atomic E-state index is 0.622. The van der Waals surface area contributed by atoms with Crippen LogP contribution in [0.3, 0.4) is 0 Å². The molecule has 2 N–H and O–H groups in total. The van der Waals surface area contributed by atoms with Gasteiger partial charge in [-0.3, -0.25) is 9.67 Å². The summed E-state index contributed by atoms with van der Waals surface area (Å²) in [7, 11) is 1.78. The summed E-state index contributed by atoms with van der Waals surface area (Å²) >= 11 is 0. The van der Waals surface area contributed by atoms with Gasteiger partial charge >= 0.3 is 0 Å². The van der Waals surface area contributed by atoms with Crippen molar-refractivity contribution in [3.05, 3.63) is 42.2 Å². The lowest BCUT2D eigenvalue weighted by atomic mass is 10.1. The molecule has 1 heterocycles. The van der Waals surface area contributed by atoms with Gasteiger partial charge in [-0.25, -0.2) is 0 Å². The lowest BCUT2D eigenvalue weighted by Crippen LogP contribution is -2.39. The molecule has 1 aromatic carbocycles. The molecule has 0 saturated carbocycles. The quantitative estimate of drug-likeness (QED) is 0.360. The molecule has 0 fully saturated rings. The third kappa shape index (κ3) is 7.21. The lowest BCUT2D eigenvalue weighted by Gasteiger charge is -2.14. The molecule has 148 valence electrons. The van der Waals surface area contributed by atoms with Gasteiger partial charge in [0, 0.05) is 39.1 Å². The number of aliphatic imine (C=N–C) groups is 1. The topological polar surface area (TPSA) is 72.7 Å². The van der Waals surface area contributed by atoms with Gasteiger partial charge in [-0.15, -0.1) is 0 Å². The Morgan fingerprint density at radius 2 is 1.89 bits per heavy atom. The van der Waals surface area contributed by atoms with E-state index in [2.05, 4.69) is 32.9 Å². The summed E-state index contributed by atoms with van der Waals surface area (Å²) in [6, 6.07) is 8.05. The Bertz CT molecular complexity index is 686. The zero-order valence-corrected chi connectivity index (χ0v) is 16.6. The largest absolute Gasteiger partial charge is 0.490 e. The van der Waals surface area contributed by atoms with Crippen molar-refractivity contribution >= 4 is 5.96 Å². The summed E-state index contributed by atoms with van der Waals surface area (Å²) in [6.07, 6.45) is 5.63. The molecule has 27 heavy (non-hydrogen) atoms. The Morgan fingerprint density at radius 3 is 2.59 bits per heavy atom. The van der Waals surface area contributed by atoms with Crippen LogP contribution in [0.4, 0.5) is 0 Å². The molecule has 0 saturated heterocycles. The zero-order valence-electron chi connectivity index (χ0n) is 16.6. The van der Waals surface area contributed by atoms with Crippen molar-refractivity contribution < 1.29 is 9.47 Å². The molecule has 2 aromatic rings. The Labute approximate surface area is 161 Å². The Kier molecular flexibility index (Phi) is 9.03. The van der Waals surface area contributed by atoms with Crippen LogP contribution in [0, 0.1) is 0 Å². The number of nitrogens with zero attached hydrogens (tertiary/aromatic N) is 3. The summed E-state index contributed by atoms with van der Waals surface area (Å²) in [5.74, 6) is 2.41. The van der Waals surface area contributed by atoms with Crippen molar-refractivity contribution in [2.45, 2.75) is 33.2 Å². The second kappa shape index (κ2) is 11.8. The number of ether oxygens (including phenoxy) is 2. The molecule has 0 aliphatic heterocycles. The zero-order chi connectivity index (χ0) is 19.3. The van der Waals surface area contributed by atoms with Crippen molar-refractivity contribution in [2.24, 2.45) is 4.99 Å². The molecule has 0 bridgehead atoms. The van der Waals surface area contributed by atoms with Crippen LogP contribution < -0.4 is 20.1 Å². The highest BCUT2D eigenvalue weighted by atomic mass is 16.5. The number of rotatable bonds is 11. The second-order valence-corrected chi connectivity index (χ2v) is 5.95. The van der Waals surface area contributed by atoms with E-state index < -0.39 is 0 Å². The number of hydrogen-bond acceptors (Lipinski definition) is 4. The number of guanidine groups is 1. The van der Waals surface area contributed by atoms with Gasteiger partial charge < -0.3 is 20.1 Å². The van der Waals surface area contributed by atoms with Crippen molar-refractivity contribution in [3.8, 4) is 11.5 Å². The molecule has 7 nitrogen and oxygen atoms in total. The molecule has 0 unspecified atom stereocenters. The number of benzene rings is 1. The maximum atomic E-state index is 5.69. The first-order chi connectivity index (χ1) is 13.3. The number of hydrogen-bond donors (Lipinski definition) is 2. The van der Waals surface area contributed by atoms with Crippen LogP contribution in [0.15, 0.2) is 41.7 Å². The van der Waals surface area contributed by atoms with Gasteiger partial charge in [-0.2, -0.15) is 5.10 Å². The van der Waals surface area contributed by atoms with Crippen LogP contribution in [0.25, 0.3) is 0 Å². The van der Waals surface area contributed by atoms with Crippen molar-refractivity contribution in [1.82, 2.24) is 20.4 Å². The van der Waals surface area contributed by atoms with E-state index in [4.69, 9.17) is 9.47 Å². The molecule has 0 aliphatic carbocycles. The van der Waals surface area contributed by atoms with E-state index in [0.717, 1.165) is 49.9 Å². The van der Waals surface area contributed by atoms with E-state index in [1.807, 2.05) is 36.9 Å². The molecule has 2 rings (SSSR count). The number of aryl methyl sites for hydroxylation is 1. The predicted octanol–water partition coefficient (Wildman–Crippen LogP) is 2.48. The van der Waals surface area contributed by atoms with Gasteiger partial charge in [0.1, 0.15) is 0 Å². The Balaban J connectivity index is 1.73. The highest BCUT2D eigenvalue weighted by molar-refractivity contribution is 5.79. The van der Waals surface area contributed by atoms with E-state index >= 15 is 0 Å². The minimum absolute atomic E-state index is 0.622. The average Bonchev–Trinajstić information content (AvgIpc) is 3.19. The number of aromatic nitrogens is 2. The molecule has 0 amide bonds. The normalized spacial score (nSPS) is 11.3. The molecule has 0 aliphatic rings. The smallest absolute Gasteiger partial charge is 0.190 e. The molecular weight excluding hydrogens is 342 g/mol. The van der Waals surface area contributed by atoms with Gasteiger partial charge in [-0.05, 0) is 50.5 Å². The lowest BCUT2D eigenvalue weighted by molar-refractivity contribution is 0.287. The molecule has 0 spiro atoms. The maximum absolute atomic E-state index is 5.69. The first-order valence-electron chi connectivity index (χ1n) is 9.57. The van der Waals surface area contributed by atoms with E-state index in [9.17, 15) is 0 Å². The van der Waals surface area contributed by atoms with Crippen LogP contribution in [-0.2, 0) is 13.0 Å². The Morgan fingerprint density at radius 1 is 1.11 bits per heavy atom. The van der Waals surface area contributed by atoms with Crippen molar-refractivity contribution in [2.75, 3.05) is 33.4 Å². The van der Waals surface area contributed by atoms with Gasteiger partial charge in [0.2, 0.25) is 0 Å². The fourth-order valence-corrected chi connectivity index (χ4v) is 2.68.